The van der Waals surface area contributed by atoms with E-state index in [0.29, 0.717) is 0 Å². The van der Waals surface area contributed by atoms with Crippen molar-refractivity contribution >= 4 is 33.5 Å². The molecule has 0 aromatic heterocycles. The number of hydrogen-bond donors (Lipinski definition) is 3. The standard InChI is InChI=1S/C11H12ClFN2O5S/c12-6-2-1-3-8(10(6)13)21(19,20)15-7(11(17)18)4-5-9(14)16/h1-3,7,15H,4-5H2,(H2,14,16)(H,17,18)/t7-/m1/s1. The van der Waals surface area contributed by atoms with Gasteiger partial charge in [-0.3, -0.25) is 9.59 Å². The van der Waals surface area contributed by atoms with Gasteiger partial charge in [-0.2, -0.15) is 4.72 Å². The molecule has 0 bridgehead atoms. The van der Waals surface area contributed by atoms with E-state index in [1.807, 2.05) is 0 Å². The molecule has 0 radical (unpaired) electrons. The number of carboxylic acid groups (broad SMARTS) is 1. The van der Waals surface area contributed by atoms with Crippen LogP contribution in [0.3, 0.4) is 0 Å². The molecule has 0 fully saturated rings. The second-order valence-corrected chi connectivity index (χ2v) is 6.16. The average molecular weight is 339 g/mol. The summed E-state index contributed by atoms with van der Waals surface area (Å²) in [5, 5.41) is 8.51. The van der Waals surface area contributed by atoms with Crippen molar-refractivity contribution in [2.45, 2.75) is 23.8 Å². The van der Waals surface area contributed by atoms with Gasteiger partial charge in [0.25, 0.3) is 0 Å². The van der Waals surface area contributed by atoms with Crippen LogP contribution in [0.4, 0.5) is 4.39 Å². The number of primary amides is 1. The fraction of sp³-hybridized carbons (Fsp3) is 0.273. The number of amides is 1. The van der Waals surface area contributed by atoms with Crippen LogP contribution in [0.1, 0.15) is 12.8 Å². The minimum absolute atomic E-state index is 0.336. The maximum absolute atomic E-state index is 13.7. The van der Waals surface area contributed by atoms with Crippen LogP contribution in [0.2, 0.25) is 5.02 Å². The molecule has 1 atom stereocenters. The van der Waals surface area contributed by atoms with E-state index in [1.54, 1.807) is 4.72 Å². The predicted molar refractivity (Wildman–Crippen MR) is 71.6 cm³/mol. The van der Waals surface area contributed by atoms with E-state index in [2.05, 4.69) is 0 Å². The van der Waals surface area contributed by atoms with Crippen LogP contribution < -0.4 is 10.5 Å². The zero-order valence-corrected chi connectivity index (χ0v) is 12.1. The highest BCUT2D eigenvalue weighted by molar-refractivity contribution is 7.89. The van der Waals surface area contributed by atoms with Crippen LogP contribution in [0.15, 0.2) is 23.1 Å². The lowest BCUT2D eigenvalue weighted by Crippen LogP contribution is -2.41. The Labute approximate surface area is 124 Å². The summed E-state index contributed by atoms with van der Waals surface area (Å²) in [6.45, 7) is 0. The Balaban J connectivity index is 3.03. The number of carbonyl (C=O) groups is 2. The van der Waals surface area contributed by atoms with Crippen molar-refractivity contribution in [3.8, 4) is 0 Å². The van der Waals surface area contributed by atoms with Gasteiger partial charge >= 0.3 is 5.97 Å². The van der Waals surface area contributed by atoms with Crippen molar-refractivity contribution in [2.75, 3.05) is 0 Å². The van der Waals surface area contributed by atoms with E-state index < -0.39 is 43.7 Å². The Kier molecular flexibility index (Phi) is 5.64. The first-order chi connectivity index (χ1) is 9.65. The third-order valence-corrected chi connectivity index (χ3v) is 4.26. The van der Waals surface area contributed by atoms with Crippen molar-refractivity contribution in [1.29, 1.82) is 0 Å². The molecule has 0 spiro atoms. The van der Waals surface area contributed by atoms with Gasteiger partial charge in [0.15, 0.2) is 5.82 Å². The van der Waals surface area contributed by atoms with Gasteiger partial charge in [-0.1, -0.05) is 17.7 Å². The number of hydrogen-bond acceptors (Lipinski definition) is 4. The first-order valence-electron chi connectivity index (χ1n) is 5.62. The SMILES string of the molecule is NC(=O)CC[C@@H](NS(=O)(=O)c1cccc(Cl)c1F)C(=O)O. The predicted octanol–water partition coefficient (Wildman–Crippen LogP) is 0.476. The van der Waals surface area contributed by atoms with E-state index >= 15 is 0 Å². The maximum Gasteiger partial charge on any atom is 0.321 e. The Morgan fingerprint density at radius 1 is 1.43 bits per heavy atom. The molecule has 0 aliphatic carbocycles. The van der Waals surface area contributed by atoms with Gasteiger partial charge in [0.2, 0.25) is 15.9 Å². The number of nitrogens with two attached hydrogens (primary N) is 1. The topological polar surface area (TPSA) is 127 Å². The number of sulfonamides is 1. The number of rotatable bonds is 7. The molecule has 0 aliphatic heterocycles. The van der Waals surface area contributed by atoms with Crippen LogP contribution >= 0.6 is 11.6 Å². The summed E-state index contributed by atoms with van der Waals surface area (Å²) in [4.78, 5) is 20.8. The van der Waals surface area contributed by atoms with E-state index in [9.17, 15) is 22.4 Å². The molecule has 0 aliphatic rings. The molecule has 0 saturated carbocycles. The molecule has 1 rings (SSSR count). The Hall–Kier alpha value is -1.71. The molecule has 7 nitrogen and oxygen atoms in total. The van der Waals surface area contributed by atoms with E-state index in [0.717, 1.165) is 12.1 Å². The number of benzene rings is 1. The monoisotopic (exact) mass is 338 g/mol. The van der Waals surface area contributed by atoms with E-state index in [-0.39, 0.29) is 12.8 Å². The molecule has 1 aromatic rings. The number of aliphatic carboxylic acids is 1. The fourth-order valence-corrected chi connectivity index (χ4v) is 3.02. The summed E-state index contributed by atoms with van der Waals surface area (Å²) < 4.78 is 39.4. The zero-order valence-electron chi connectivity index (χ0n) is 10.5. The Morgan fingerprint density at radius 3 is 2.57 bits per heavy atom. The molecule has 0 saturated heterocycles. The Bertz CT molecular complexity index is 665. The molecule has 1 aromatic carbocycles. The average Bonchev–Trinajstić information content (AvgIpc) is 2.37. The number of halogens is 2. The Morgan fingerprint density at radius 2 is 2.05 bits per heavy atom. The van der Waals surface area contributed by atoms with Gasteiger partial charge < -0.3 is 10.8 Å². The van der Waals surface area contributed by atoms with Crippen LogP contribution in [-0.4, -0.2) is 31.4 Å². The molecule has 0 unspecified atom stereocenters. The van der Waals surface area contributed by atoms with Gasteiger partial charge in [-0.05, 0) is 18.6 Å². The lowest BCUT2D eigenvalue weighted by atomic mass is 10.2. The normalized spacial score (nSPS) is 12.9. The highest BCUT2D eigenvalue weighted by Gasteiger charge is 2.28. The smallest absolute Gasteiger partial charge is 0.321 e. The minimum atomic E-state index is -4.45. The summed E-state index contributed by atoms with van der Waals surface area (Å²) >= 11 is 5.48. The molecule has 1 amide bonds. The first-order valence-corrected chi connectivity index (χ1v) is 7.48. The maximum atomic E-state index is 13.7. The zero-order chi connectivity index (χ0) is 16.2. The summed E-state index contributed by atoms with van der Waals surface area (Å²) in [6.07, 6.45) is -0.691. The lowest BCUT2D eigenvalue weighted by molar-refractivity contribution is -0.139. The fourth-order valence-electron chi connectivity index (χ4n) is 1.46. The van der Waals surface area contributed by atoms with Gasteiger partial charge in [0.05, 0.1) is 5.02 Å². The van der Waals surface area contributed by atoms with Gasteiger partial charge in [-0.25, -0.2) is 12.8 Å². The third-order valence-electron chi connectivity index (χ3n) is 2.48. The van der Waals surface area contributed by atoms with Crippen molar-refractivity contribution in [1.82, 2.24) is 4.72 Å². The highest BCUT2D eigenvalue weighted by atomic mass is 35.5. The van der Waals surface area contributed by atoms with Crippen molar-refractivity contribution in [2.24, 2.45) is 5.73 Å². The van der Waals surface area contributed by atoms with Crippen LogP contribution in [0, 0.1) is 5.82 Å². The van der Waals surface area contributed by atoms with Gasteiger partial charge in [0.1, 0.15) is 10.9 Å². The first kappa shape index (κ1) is 17.3. The van der Waals surface area contributed by atoms with Crippen LogP contribution in [0.25, 0.3) is 0 Å². The molecule has 10 heteroatoms. The summed E-state index contributed by atoms with van der Waals surface area (Å²) in [7, 11) is -4.45. The van der Waals surface area contributed by atoms with Gasteiger partial charge in [-0.15, -0.1) is 0 Å². The van der Waals surface area contributed by atoms with Crippen molar-refractivity contribution in [3.63, 3.8) is 0 Å². The number of carbonyl (C=O) groups excluding carboxylic acids is 1. The number of nitrogens with one attached hydrogen (secondary N) is 1. The lowest BCUT2D eigenvalue weighted by Gasteiger charge is -2.14. The molecule has 21 heavy (non-hydrogen) atoms. The number of carboxylic acids is 1. The largest absolute Gasteiger partial charge is 0.480 e. The highest BCUT2D eigenvalue weighted by Crippen LogP contribution is 2.22. The van der Waals surface area contributed by atoms with E-state index in [4.69, 9.17) is 22.4 Å². The summed E-state index contributed by atoms with van der Waals surface area (Å²) in [6, 6.07) is 1.69. The molecule has 0 heterocycles. The quantitative estimate of drug-likeness (QED) is 0.666. The van der Waals surface area contributed by atoms with Crippen LogP contribution in [-0.2, 0) is 19.6 Å². The van der Waals surface area contributed by atoms with E-state index in [1.165, 1.54) is 6.07 Å². The molecule has 116 valence electrons. The molecular weight excluding hydrogens is 327 g/mol. The van der Waals surface area contributed by atoms with Crippen molar-refractivity contribution < 1.29 is 27.5 Å². The summed E-state index contributed by atoms with van der Waals surface area (Å²) in [5.74, 6) is -3.48. The second kappa shape index (κ2) is 6.83. The molecule has 4 N–H and O–H groups in total. The van der Waals surface area contributed by atoms with Gasteiger partial charge in [0, 0.05) is 6.42 Å². The van der Waals surface area contributed by atoms with Crippen LogP contribution in [0.5, 0.6) is 0 Å². The summed E-state index contributed by atoms with van der Waals surface area (Å²) in [5.41, 5.74) is 4.87. The minimum Gasteiger partial charge on any atom is -0.480 e. The third kappa shape index (κ3) is 4.66. The second-order valence-electron chi connectivity index (χ2n) is 4.07. The van der Waals surface area contributed by atoms with Crippen molar-refractivity contribution in [3.05, 3.63) is 29.0 Å². The molecular formula is C11H12ClFN2O5S.